The number of hydrogen-bond acceptors (Lipinski definition) is 3. The second-order valence-corrected chi connectivity index (χ2v) is 12.4. The maximum Gasteiger partial charge on any atom is 0.252 e. The van der Waals surface area contributed by atoms with Gasteiger partial charge >= 0.3 is 0 Å². The first kappa shape index (κ1) is 26.8. The summed E-state index contributed by atoms with van der Waals surface area (Å²) in [6.45, 7) is 16.5. The summed E-state index contributed by atoms with van der Waals surface area (Å²) in [6.07, 6.45) is 1.04. The molecular formula is C28H35ClFNO2S. The van der Waals surface area contributed by atoms with Crippen LogP contribution in [0.3, 0.4) is 0 Å². The molecule has 0 aromatic heterocycles. The summed E-state index contributed by atoms with van der Waals surface area (Å²) in [5.74, 6) is 0.154. The lowest BCUT2D eigenvalue weighted by molar-refractivity contribution is -0.177. The maximum absolute atomic E-state index is 14.6. The fourth-order valence-corrected chi connectivity index (χ4v) is 5.49. The van der Waals surface area contributed by atoms with Gasteiger partial charge in [0.25, 0.3) is 5.91 Å². The largest absolute Gasteiger partial charge is 0.358 e. The van der Waals surface area contributed by atoms with Crippen LogP contribution in [0.2, 0.25) is 5.02 Å². The summed E-state index contributed by atoms with van der Waals surface area (Å²) in [4.78, 5) is 15.7. The van der Waals surface area contributed by atoms with Gasteiger partial charge in [-0.25, -0.2) is 4.39 Å². The van der Waals surface area contributed by atoms with Gasteiger partial charge in [0.15, 0.2) is 0 Å². The van der Waals surface area contributed by atoms with Crippen LogP contribution in [0.15, 0.2) is 49.1 Å². The van der Waals surface area contributed by atoms with Crippen molar-refractivity contribution in [1.29, 1.82) is 0 Å². The summed E-state index contributed by atoms with van der Waals surface area (Å²) >= 11 is 7.81. The van der Waals surface area contributed by atoms with Gasteiger partial charge < -0.3 is 9.64 Å². The number of carbonyl (C=O) groups is 1. The van der Waals surface area contributed by atoms with E-state index >= 15 is 0 Å². The van der Waals surface area contributed by atoms with E-state index in [1.165, 1.54) is 6.07 Å². The highest BCUT2D eigenvalue weighted by atomic mass is 35.5. The highest BCUT2D eigenvalue weighted by Gasteiger charge is 2.45. The van der Waals surface area contributed by atoms with Gasteiger partial charge in [-0.1, -0.05) is 73.8 Å². The number of thioether (sulfide) groups is 1. The topological polar surface area (TPSA) is 29.5 Å². The highest BCUT2D eigenvalue weighted by molar-refractivity contribution is 8.00. The van der Waals surface area contributed by atoms with Crippen molar-refractivity contribution in [3.63, 3.8) is 0 Å². The minimum absolute atomic E-state index is 0.0546. The van der Waals surface area contributed by atoms with E-state index in [1.807, 2.05) is 18.7 Å². The van der Waals surface area contributed by atoms with E-state index in [4.69, 9.17) is 16.3 Å². The Balaban J connectivity index is 2.16. The van der Waals surface area contributed by atoms with E-state index in [-0.39, 0.29) is 21.7 Å². The number of halogens is 2. The van der Waals surface area contributed by atoms with Crippen molar-refractivity contribution in [1.82, 2.24) is 4.90 Å². The molecule has 34 heavy (non-hydrogen) atoms. The van der Waals surface area contributed by atoms with Crippen molar-refractivity contribution in [2.75, 3.05) is 5.75 Å². The van der Waals surface area contributed by atoms with E-state index in [0.29, 0.717) is 12.0 Å². The molecule has 1 heterocycles. The third-order valence-corrected chi connectivity index (χ3v) is 7.72. The Bertz CT molecular complexity index is 1030. The number of nitrogens with zero attached hydrogens (tertiary/aromatic N) is 1. The van der Waals surface area contributed by atoms with Gasteiger partial charge in [0.2, 0.25) is 0 Å². The van der Waals surface area contributed by atoms with Crippen molar-refractivity contribution >= 4 is 29.3 Å². The summed E-state index contributed by atoms with van der Waals surface area (Å²) in [5.41, 5.74) is 3.86. The third-order valence-electron chi connectivity index (χ3n) is 5.90. The molecule has 1 aliphatic heterocycles. The SMILES string of the molecule is C=CC[C@H]1O[C@H](c2cc(C)cc(C)c2)[C@@H](c2ccc(Cl)c(F)c2)N([C@@H](C)CSC(C)(C)C)C1=O. The fourth-order valence-electron chi connectivity index (χ4n) is 4.48. The van der Waals surface area contributed by atoms with Crippen LogP contribution in [0.25, 0.3) is 0 Å². The molecule has 2 aromatic carbocycles. The minimum atomic E-state index is -0.640. The maximum atomic E-state index is 14.6. The van der Waals surface area contributed by atoms with Crippen molar-refractivity contribution in [3.8, 4) is 0 Å². The van der Waals surface area contributed by atoms with Gasteiger partial charge in [-0.2, -0.15) is 11.8 Å². The zero-order valence-corrected chi connectivity index (χ0v) is 22.5. The number of amides is 1. The molecule has 0 saturated carbocycles. The molecule has 0 radical (unpaired) electrons. The minimum Gasteiger partial charge on any atom is -0.358 e. The average molecular weight is 504 g/mol. The van der Waals surface area contributed by atoms with E-state index in [9.17, 15) is 9.18 Å². The first-order valence-corrected chi connectivity index (χ1v) is 13.0. The Morgan fingerprint density at radius 3 is 2.38 bits per heavy atom. The van der Waals surface area contributed by atoms with Gasteiger partial charge in [0.05, 0.1) is 11.1 Å². The predicted molar refractivity (Wildman–Crippen MR) is 141 cm³/mol. The van der Waals surface area contributed by atoms with Crippen LogP contribution < -0.4 is 0 Å². The summed E-state index contributed by atoms with van der Waals surface area (Å²) in [7, 11) is 0. The molecule has 1 saturated heterocycles. The number of benzene rings is 2. The first-order chi connectivity index (χ1) is 15.9. The Morgan fingerprint density at radius 2 is 1.82 bits per heavy atom. The number of hydrogen-bond donors (Lipinski definition) is 0. The standard InChI is InChI=1S/C28H35ClFNO2S/c1-8-9-24-27(32)31(19(4)16-34-28(5,6)7)25(20-10-11-22(29)23(30)15-20)26(33-24)21-13-17(2)12-18(3)14-21/h8,10-15,19,24-26H,1,9,16H2,2-7H3/t19-,24+,25+,26+/m0/s1. The summed E-state index contributed by atoms with van der Waals surface area (Å²) in [6, 6.07) is 10.5. The van der Waals surface area contributed by atoms with Gasteiger partial charge in [-0.15, -0.1) is 6.58 Å². The molecule has 0 unspecified atom stereocenters. The van der Waals surface area contributed by atoms with Crippen molar-refractivity contribution in [2.24, 2.45) is 0 Å². The number of rotatable bonds is 7. The second kappa shape index (κ2) is 10.8. The van der Waals surface area contributed by atoms with Crippen molar-refractivity contribution < 1.29 is 13.9 Å². The number of carbonyl (C=O) groups excluding carboxylic acids is 1. The number of aryl methyl sites for hydroxylation is 2. The highest BCUT2D eigenvalue weighted by Crippen LogP contribution is 2.45. The molecule has 1 amide bonds. The van der Waals surface area contributed by atoms with Crippen LogP contribution in [0.1, 0.15) is 68.5 Å². The molecule has 1 fully saturated rings. The molecule has 1 aliphatic rings. The van der Waals surface area contributed by atoms with Crippen LogP contribution in [0, 0.1) is 19.7 Å². The van der Waals surface area contributed by atoms with Crippen LogP contribution in [-0.4, -0.2) is 33.5 Å². The van der Waals surface area contributed by atoms with E-state index in [2.05, 4.69) is 52.5 Å². The first-order valence-electron chi connectivity index (χ1n) is 11.7. The molecular weight excluding hydrogens is 469 g/mol. The lowest BCUT2D eigenvalue weighted by atomic mass is 9.89. The van der Waals surface area contributed by atoms with Crippen LogP contribution >= 0.6 is 23.4 Å². The molecule has 2 aromatic rings. The average Bonchev–Trinajstić information content (AvgIpc) is 2.74. The Hall–Kier alpha value is -1.82. The van der Waals surface area contributed by atoms with E-state index in [1.54, 1.807) is 30.0 Å². The Morgan fingerprint density at radius 1 is 1.18 bits per heavy atom. The van der Waals surface area contributed by atoms with Crippen molar-refractivity contribution in [3.05, 3.63) is 82.1 Å². The molecule has 3 nitrogen and oxygen atoms in total. The number of ether oxygens (including phenoxy) is 1. The molecule has 0 spiro atoms. The molecule has 3 rings (SSSR count). The molecule has 0 bridgehead atoms. The lowest BCUT2D eigenvalue weighted by Crippen LogP contribution is -2.54. The predicted octanol–water partition coefficient (Wildman–Crippen LogP) is 7.60. The van der Waals surface area contributed by atoms with Crippen LogP contribution in [0.5, 0.6) is 0 Å². The van der Waals surface area contributed by atoms with Crippen LogP contribution in [0.4, 0.5) is 4.39 Å². The monoisotopic (exact) mass is 503 g/mol. The van der Waals surface area contributed by atoms with E-state index < -0.39 is 24.1 Å². The second-order valence-electron chi connectivity index (χ2n) is 10.1. The van der Waals surface area contributed by atoms with Gasteiger partial charge in [-0.3, -0.25) is 4.79 Å². The third kappa shape index (κ3) is 6.24. The number of morpholine rings is 1. The summed E-state index contributed by atoms with van der Waals surface area (Å²) < 4.78 is 21.2. The fraction of sp³-hybridized carbons (Fsp3) is 0.464. The van der Waals surface area contributed by atoms with Gasteiger partial charge in [-0.05, 0) is 44.0 Å². The zero-order chi connectivity index (χ0) is 25.2. The Kier molecular flexibility index (Phi) is 8.54. The molecule has 4 atom stereocenters. The quantitative estimate of drug-likeness (QED) is 0.364. The normalized spacial score (nSPS) is 22.1. The zero-order valence-electron chi connectivity index (χ0n) is 20.9. The summed E-state index contributed by atoms with van der Waals surface area (Å²) in [5, 5.41) is 0.0576. The molecule has 0 N–H and O–H groups in total. The smallest absolute Gasteiger partial charge is 0.252 e. The van der Waals surface area contributed by atoms with Gasteiger partial charge in [0.1, 0.15) is 18.0 Å². The van der Waals surface area contributed by atoms with Gasteiger partial charge in [0, 0.05) is 23.0 Å². The van der Waals surface area contributed by atoms with Crippen LogP contribution in [-0.2, 0) is 9.53 Å². The molecule has 0 aliphatic carbocycles. The van der Waals surface area contributed by atoms with E-state index in [0.717, 1.165) is 22.4 Å². The Labute approximate surface area is 212 Å². The lowest BCUT2D eigenvalue weighted by Gasteiger charge is -2.47. The van der Waals surface area contributed by atoms with Crippen molar-refractivity contribution in [2.45, 2.75) is 77.0 Å². The molecule has 184 valence electrons. The molecule has 6 heteroatoms.